The Morgan fingerprint density at radius 1 is 0.933 bits per heavy atom. The van der Waals surface area contributed by atoms with Gasteiger partial charge in [-0.1, -0.05) is 30.3 Å². The second-order valence-corrected chi connectivity index (χ2v) is 10.5. The number of allylic oxidation sites excluding steroid dienone is 1. The van der Waals surface area contributed by atoms with Crippen LogP contribution in [-0.2, 0) is 33.5 Å². The third-order valence-corrected chi connectivity index (χ3v) is 7.66. The first-order valence-corrected chi connectivity index (χ1v) is 14.4. The van der Waals surface area contributed by atoms with Crippen molar-refractivity contribution in [2.24, 2.45) is 0 Å². The second kappa shape index (κ2) is 14.3. The van der Waals surface area contributed by atoms with Gasteiger partial charge in [0, 0.05) is 30.1 Å². The number of carbonyl (C=O) groups is 3. The van der Waals surface area contributed by atoms with Gasteiger partial charge in [0.05, 0.1) is 38.5 Å². The molecule has 1 atom stereocenters. The lowest BCUT2D eigenvalue weighted by Crippen LogP contribution is -2.38. The second-order valence-electron chi connectivity index (χ2n) is 10.5. The number of esters is 1. The Morgan fingerprint density at radius 3 is 2.18 bits per heavy atom. The minimum Gasteiger partial charge on any atom is -0.493 e. The molecule has 238 valence electrons. The molecule has 0 bridgehead atoms. The lowest BCUT2D eigenvalue weighted by Gasteiger charge is -2.34. The number of nitrogens with zero attached hydrogens (tertiary/aromatic N) is 1. The summed E-state index contributed by atoms with van der Waals surface area (Å²) in [5.41, 5.74) is 2.33. The number of ether oxygens (including phenoxy) is 3. The molecule has 0 saturated carbocycles. The van der Waals surface area contributed by atoms with Crippen LogP contribution < -0.4 is 14.8 Å². The van der Waals surface area contributed by atoms with Crippen LogP contribution in [0, 0.1) is 0 Å². The maximum Gasteiger partial charge on any atom is 0.416 e. The molecule has 1 unspecified atom stereocenters. The van der Waals surface area contributed by atoms with Gasteiger partial charge in [-0.15, -0.1) is 0 Å². The molecule has 1 aliphatic rings. The average Bonchev–Trinajstić information content (AvgIpc) is 3.02. The molecule has 2 amide bonds. The zero-order valence-electron chi connectivity index (χ0n) is 25.5. The van der Waals surface area contributed by atoms with Crippen LogP contribution in [0.15, 0.2) is 78.0 Å². The molecule has 3 aromatic carbocycles. The first-order chi connectivity index (χ1) is 21.5. The van der Waals surface area contributed by atoms with Crippen LogP contribution in [-0.4, -0.2) is 50.1 Å². The van der Waals surface area contributed by atoms with Crippen molar-refractivity contribution in [3.8, 4) is 11.5 Å². The van der Waals surface area contributed by atoms with Crippen LogP contribution in [0.2, 0.25) is 0 Å². The van der Waals surface area contributed by atoms with Crippen LogP contribution in [0.3, 0.4) is 0 Å². The highest BCUT2D eigenvalue weighted by atomic mass is 19.4. The van der Waals surface area contributed by atoms with Crippen molar-refractivity contribution in [1.29, 1.82) is 0 Å². The Labute approximate surface area is 259 Å². The lowest BCUT2D eigenvalue weighted by molar-refractivity contribution is -0.140. The average molecular weight is 625 g/mol. The maximum atomic E-state index is 13.3. The third kappa shape index (κ3) is 7.84. The molecule has 0 saturated heterocycles. The van der Waals surface area contributed by atoms with Crippen LogP contribution in [0.1, 0.15) is 58.8 Å². The summed E-state index contributed by atoms with van der Waals surface area (Å²) in [5.74, 6) is -0.687. The van der Waals surface area contributed by atoms with Crippen molar-refractivity contribution < 1.29 is 41.8 Å². The van der Waals surface area contributed by atoms with E-state index in [4.69, 9.17) is 14.2 Å². The van der Waals surface area contributed by atoms with Gasteiger partial charge in [0.2, 0.25) is 5.91 Å². The molecule has 4 rings (SSSR count). The molecular formula is C34H35F3N2O6. The molecule has 8 nitrogen and oxygen atoms in total. The van der Waals surface area contributed by atoms with E-state index in [0.717, 1.165) is 23.3 Å². The number of rotatable bonds is 11. The zero-order chi connectivity index (χ0) is 32.7. The molecule has 0 fully saturated rings. The number of carbonyl (C=O) groups excluding carboxylic acids is 3. The standard InChI is InChI=1S/C34H35F3N2O6/c1-5-45-33(42)31-21(2)39(30(40)19-27(31)24-11-13-26(14-12-24)34(35,36)37)20-23-6-9-25(10-7-23)32(41)38-17-16-22-8-15-28(43-3)29(18-22)44-4/h6-15,18,27H,5,16-17,19-20H2,1-4H3,(H,38,41). The largest absolute Gasteiger partial charge is 0.493 e. The molecule has 0 aromatic heterocycles. The van der Waals surface area contributed by atoms with E-state index in [2.05, 4.69) is 5.32 Å². The van der Waals surface area contributed by atoms with Gasteiger partial charge in [0.15, 0.2) is 11.5 Å². The molecule has 45 heavy (non-hydrogen) atoms. The monoisotopic (exact) mass is 624 g/mol. The van der Waals surface area contributed by atoms with Gasteiger partial charge < -0.3 is 24.4 Å². The van der Waals surface area contributed by atoms with E-state index in [1.54, 1.807) is 52.3 Å². The third-order valence-electron chi connectivity index (χ3n) is 7.66. The van der Waals surface area contributed by atoms with E-state index in [9.17, 15) is 27.6 Å². The van der Waals surface area contributed by atoms with Crippen LogP contribution in [0.5, 0.6) is 11.5 Å². The fourth-order valence-corrected chi connectivity index (χ4v) is 5.27. The summed E-state index contributed by atoms with van der Waals surface area (Å²) in [7, 11) is 3.12. The molecule has 0 spiro atoms. The number of hydrogen-bond donors (Lipinski definition) is 1. The van der Waals surface area contributed by atoms with Crippen molar-refractivity contribution in [3.63, 3.8) is 0 Å². The Hall–Kier alpha value is -4.80. The summed E-state index contributed by atoms with van der Waals surface area (Å²) < 4.78 is 55.2. The van der Waals surface area contributed by atoms with Crippen molar-refractivity contribution in [2.45, 2.75) is 45.3 Å². The Morgan fingerprint density at radius 2 is 1.58 bits per heavy atom. The van der Waals surface area contributed by atoms with Crippen molar-refractivity contribution >= 4 is 17.8 Å². The van der Waals surface area contributed by atoms with E-state index in [0.29, 0.717) is 41.3 Å². The van der Waals surface area contributed by atoms with Gasteiger partial charge in [-0.3, -0.25) is 9.59 Å². The minimum absolute atomic E-state index is 0.0983. The maximum absolute atomic E-state index is 13.3. The van der Waals surface area contributed by atoms with E-state index < -0.39 is 23.6 Å². The Balaban J connectivity index is 1.45. The first kappa shape index (κ1) is 33.1. The Kier molecular flexibility index (Phi) is 10.5. The molecular weight excluding hydrogens is 589 g/mol. The normalized spacial score (nSPS) is 15.1. The van der Waals surface area contributed by atoms with Gasteiger partial charge in [0.25, 0.3) is 5.91 Å². The fraction of sp³-hybridized carbons (Fsp3) is 0.324. The smallest absolute Gasteiger partial charge is 0.416 e. The van der Waals surface area contributed by atoms with Gasteiger partial charge in [-0.05, 0) is 73.4 Å². The highest BCUT2D eigenvalue weighted by Gasteiger charge is 2.37. The highest BCUT2D eigenvalue weighted by molar-refractivity contribution is 5.96. The predicted molar refractivity (Wildman–Crippen MR) is 161 cm³/mol. The van der Waals surface area contributed by atoms with Gasteiger partial charge in [-0.25, -0.2) is 4.79 Å². The van der Waals surface area contributed by atoms with E-state index in [1.807, 2.05) is 18.2 Å². The molecule has 1 N–H and O–H groups in total. The molecule has 3 aromatic rings. The van der Waals surface area contributed by atoms with Gasteiger partial charge >= 0.3 is 12.1 Å². The number of halogens is 3. The predicted octanol–water partition coefficient (Wildman–Crippen LogP) is 6.05. The van der Waals surface area contributed by atoms with E-state index in [-0.39, 0.29) is 37.0 Å². The lowest BCUT2D eigenvalue weighted by atomic mass is 9.83. The molecule has 1 heterocycles. The first-order valence-electron chi connectivity index (χ1n) is 14.4. The van der Waals surface area contributed by atoms with Crippen molar-refractivity contribution in [3.05, 3.63) is 106 Å². The SMILES string of the molecule is CCOC(=O)C1=C(C)N(Cc2ccc(C(=O)NCCc3ccc(OC)c(OC)c3)cc2)C(=O)CC1c1ccc(C(F)(F)F)cc1. The topological polar surface area (TPSA) is 94.2 Å². The molecule has 11 heteroatoms. The van der Waals surface area contributed by atoms with Gasteiger partial charge in [-0.2, -0.15) is 13.2 Å². The summed E-state index contributed by atoms with van der Waals surface area (Å²) in [6.45, 7) is 3.91. The number of methoxy groups -OCH3 is 2. The molecule has 0 aliphatic carbocycles. The zero-order valence-corrected chi connectivity index (χ0v) is 25.5. The van der Waals surface area contributed by atoms with E-state index in [1.165, 1.54) is 17.0 Å². The summed E-state index contributed by atoms with van der Waals surface area (Å²) in [6, 6.07) is 16.8. The van der Waals surface area contributed by atoms with Crippen LogP contribution in [0.4, 0.5) is 13.2 Å². The number of amides is 2. The number of hydrogen-bond acceptors (Lipinski definition) is 6. The highest BCUT2D eigenvalue weighted by Crippen LogP contribution is 2.39. The van der Waals surface area contributed by atoms with Crippen LogP contribution >= 0.6 is 0 Å². The number of alkyl halides is 3. The van der Waals surface area contributed by atoms with Crippen molar-refractivity contribution in [1.82, 2.24) is 10.2 Å². The number of benzene rings is 3. The minimum atomic E-state index is -4.50. The van der Waals surface area contributed by atoms with E-state index >= 15 is 0 Å². The summed E-state index contributed by atoms with van der Waals surface area (Å²) >= 11 is 0. The summed E-state index contributed by atoms with van der Waals surface area (Å²) in [4.78, 5) is 40.6. The summed E-state index contributed by atoms with van der Waals surface area (Å²) in [6.07, 6.45) is -4.03. The molecule has 0 radical (unpaired) electrons. The van der Waals surface area contributed by atoms with Crippen molar-refractivity contribution in [2.75, 3.05) is 27.4 Å². The quantitative estimate of drug-likeness (QED) is 0.261. The van der Waals surface area contributed by atoms with Gasteiger partial charge in [0.1, 0.15) is 0 Å². The van der Waals surface area contributed by atoms with Crippen LogP contribution in [0.25, 0.3) is 0 Å². The Bertz CT molecular complexity index is 1570. The molecule has 1 aliphatic heterocycles. The number of nitrogens with one attached hydrogen (secondary N) is 1. The fourth-order valence-electron chi connectivity index (χ4n) is 5.27. The summed E-state index contributed by atoms with van der Waals surface area (Å²) in [5, 5.41) is 2.89.